The number of benzene rings is 6. The molecule has 5 heteroatoms. The molecule has 1 aromatic heterocycles. The van der Waals surface area contributed by atoms with E-state index < -0.39 is 0 Å². The average molecular weight is 850 g/mol. The van der Waals surface area contributed by atoms with Gasteiger partial charge in [0.25, 0.3) is 0 Å². The number of anilines is 2. The van der Waals surface area contributed by atoms with Gasteiger partial charge in [-0.1, -0.05) is 182 Å². The highest BCUT2D eigenvalue weighted by Gasteiger charge is 2.47. The maximum atomic E-state index is 5.38. The number of rotatable bonds is 5. The minimum atomic E-state index is 0.0165. The second-order valence-electron chi connectivity index (χ2n) is 18.9. The Bertz CT molecular complexity index is 3430. The zero-order chi connectivity index (χ0) is 43.3. The van der Waals surface area contributed by atoms with Crippen molar-refractivity contribution in [3.05, 3.63) is 239 Å². The zero-order valence-corrected chi connectivity index (χ0v) is 36.6. The number of aromatic nitrogens is 3. The van der Waals surface area contributed by atoms with E-state index in [1.54, 1.807) is 0 Å². The lowest BCUT2D eigenvalue weighted by atomic mass is 9.72. The molecule has 66 heavy (non-hydrogen) atoms. The van der Waals surface area contributed by atoms with Gasteiger partial charge in [0.15, 0.2) is 11.6 Å². The third-order valence-corrected chi connectivity index (χ3v) is 15.4. The van der Waals surface area contributed by atoms with Crippen LogP contribution in [0.4, 0.5) is 11.4 Å². The average Bonchev–Trinajstić information content (AvgIpc) is 3.89. The largest absolute Gasteiger partial charge is 0.357 e. The number of hydrogen-bond acceptors (Lipinski definition) is 5. The van der Waals surface area contributed by atoms with Crippen LogP contribution in [0.15, 0.2) is 217 Å². The van der Waals surface area contributed by atoms with Crippen LogP contribution < -0.4 is 9.80 Å². The summed E-state index contributed by atoms with van der Waals surface area (Å²) in [5.41, 5.74) is 14.4. The second kappa shape index (κ2) is 15.0. The van der Waals surface area contributed by atoms with E-state index in [-0.39, 0.29) is 12.0 Å². The summed E-state index contributed by atoms with van der Waals surface area (Å²) in [6, 6.07) is 46.7. The van der Waals surface area contributed by atoms with Gasteiger partial charge in [-0.05, 0) is 87.9 Å². The molecule has 6 aromatic carbocycles. The smallest absolute Gasteiger partial charge is 0.164 e. The van der Waals surface area contributed by atoms with Crippen molar-refractivity contribution in [2.24, 2.45) is 11.8 Å². The minimum Gasteiger partial charge on any atom is -0.357 e. The highest BCUT2D eigenvalue weighted by atomic mass is 15.2. The first-order valence-electron chi connectivity index (χ1n) is 23.8. The first-order chi connectivity index (χ1) is 32.7. The molecular formula is C61H47N5. The Morgan fingerprint density at radius 1 is 0.606 bits per heavy atom. The Balaban J connectivity index is 0.863. The van der Waals surface area contributed by atoms with Crippen molar-refractivity contribution < 1.29 is 0 Å². The Hall–Kier alpha value is -7.63. The van der Waals surface area contributed by atoms with Crippen LogP contribution in [-0.4, -0.2) is 27.0 Å². The maximum absolute atomic E-state index is 5.38. The number of nitrogens with zero attached hydrogens (tertiary/aromatic N) is 5. The fourth-order valence-corrected chi connectivity index (χ4v) is 12.4. The monoisotopic (exact) mass is 849 g/mol. The van der Waals surface area contributed by atoms with E-state index in [0.29, 0.717) is 35.4 Å². The first-order valence-corrected chi connectivity index (χ1v) is 23.8. The van der Waals surface area contributed by atoms with E-state index >= 15 is 0 Å². The van der Waals surface area contributed by atoms with Gasteiger partial charge in [-0.15, -0.1) is 0 Å². The van der Waals surface area contributed by atoms with Gasteiger partial charge in [0, 0.05) is 57.3 Å². The van der Waals surface area contributed by atoms with Crippen molar-refractivity contribution in [3.8, 4) is 22.8 Å². The lowest BCUT2D eigenvalue weighted by Gasteiger charge is -2.44. The molecule has 0 saturated carbocycles. The lowest BCUT2D eigenvalue weighted by molar-refractivity contribution is 0.415. The molecule has 5 aliphatic carbocycles. The molecule has 0 spiro atoms. The van der Waals surface area contributed by atoms with Gasteiger partial charge in [-0.3, -0.25) is 0 Å². The fraction of sp³-hybridized carbons (Fsp3) is 0.164. The third kappa shape index (κ3) is 5.82. The minimum absolute atomic E-state index is 0.0165. The Labute approximate surface area is 385 Å². The molecule has 7 aromatic rings. The highest BCUT2D eigenvalue weighted by molar-refractivity contribution is 6.04. The molecular weight excluding hydrogens is 803 g/mol. The van der Waals surface area contributed by atoms with Gasteiger partial charge in [-0.2, -0.15) is 0 Å². The summed E-state index contributed by atoms with van der Waals surface area (Å²) in [5.74, 6) is 3.29. The van der Waals surface area contributed by atoms with Crippen molar-refractivity contribution in [2.45, 2.75) is 49.6 Å². The molecule has 7 aliphatic rings. The van der Waals surface area contributed by atoms with Crippen LogP contribution >= 0.6 is 0 Å². The van der Waals surface area contributed by atoms with Crippen LogP contribution in [0.5, 0.6) is 0 Å². The highest BCUT2D eigenvalue weighted by Crippen LogP contribution is 2.55. The Kier molecular flexibility index (Phi) is 8.55. The van der Waals surface area contributed by atoms with Crippen LogP contribution in [0.1, 0.15) is 53.6 Å². The molecule has 0 radical (unpaired) electrons. The first kappa shape index (κ1) is 37.7. The van der Waals surface area contributed by atoms with Gasteiger partial charge in [0.2, 0.25) is 0 Å². The topological polar surface area (TPSA) is 45.2 Å². The summed E-state index contributed by atoms with van der Waals surface area (Å²) in [5, 5.41) is 4.90. The Morgan fingerprint density at radius 3 is 2.38 bits per heavy atom. The van der Waals surface area contributed by atoms with Gasteiger partial charge in [0.1, 0.15) is 5.82 Å². The van der Waals surface area contributed by atoms with Gasteiger partial charge >= 0.3 is 0 Å². The zero-order valence-electron chi connectivity index (χ0n) is 36.6. The van der Waals surface area contributed by atoms with Gasteiger partial charge < -0.3 is 9.80 Å². The third-order valence-electron chi connectivity index (χ3n) is 15.4. The molecule has 0 fully saturated rings. The van der Waals surface area contributed by atoms with Gasteiger partial charge in [-0.25, -0.2) is 15.0 Å². The number of hydrogen-bond donors (Lipinski definition) is 0. The molecule has 2 aliphatic heterocycles. The summed E-state index contributed by atoms with van der Waals surface area (Å²) >= 11 is 0. The Morgan fingerprint density at radius 2 is 1.41 bits per heavy atom. The predicted molar refractivity (Wildman–Crippen MR) is 270 cm³/mol. The van der Waals surface area contributed by atoms with Crippen molar-refractivity contribution in [1.82, 2.24) is 15.0 Å². The summed E-state index contributed by atoms with van der Waals surface area (Å²) in [6.07, 6.45) is 32.4. The molecule has 5 nitrogen and oxygen atoms in total. The summed E-state index contributed by atoms with van der Waals surface area (Å²) in [6.45, 7) is 0. The fourth-order valence-electron chi connectivity index (χ4n) is 12.4. The maximum Gasteiger partial charge on any atom is 0.164 e. The van der Waals surface area contributed by atoms with E-state index in [2.05, 4.69) is 204 Å². The van der Waals surface area contributed by atoms with E-state index in [0.717, 1.165) is 48.0 Å². The van der Waals surface area contributed by atoms with E-state index in [9.17, 15) is 0 Å². The van der Waals surface area contributed by atoms with E-state index in [1.807, 2.05) is 6.07 Å². The molecule has 0 bridgehead atoms. The predicted octanol–water partition coefficient (Wildman–Crippen LogP) is 13.8. The number of para-hydroxylation sites is 1. The molecule has 6 atom stereocenters. The molecule has 0 N–H and O–H groups in total. The van der Waals surface area contributed by atoms with Crippen LogP contribution in [0.2, 0.25) is 0 Å². The van der Waals surface area contributed by atoms with Crippen LogP contribution in [0, 0.1) is 11.8 Å². The second-order valence-corrected chi connectivity index (χ2v) is 18.9. The number of allylic oxidation sites excluding steroid dienone is 10. The van der Waals surface area contributed by atoms with Crippen LogP contribution in [0.25, 0.3) is 50.4 Å². The SMILES string of the molecule is C1=CC2c3ccccc3N(C3C=CC=C4C=C5C(CC43)C3=C(CCC=C3)N5c3cccc4c(-c5nc(-c6ccccc6)nc(C6C=Cc7c(ccc8ccccc78)C6)n5)cccc34)C2C=C1. The van der Waals surface area contributed by atoms with Crippen LogP contribution in [-0.2, 0) is 6.42 Å². The lowest BCUT2D eigenvalue weighted by Crippen LogP contribution is -2.47. The van der Waals surface area contributed by atoms with Crippen LogP contribution in [0.3, 0.4) is 0 Å². The van der Waals surface area contributed by atoms with Crippen molar-refractivity contribution in [1.29, 1.82) is 0 Å². The van der Waals surface area contributed by atoms with Gasteiger partial charge in [0.05, 0.1) is 17.8 Å². The molecule has 6 unspecified atom stereocenters. The van der Waals surface area contributed by atoms with E-state index in [1.165, 1.54) is 66.8 Å². The number of fused-ring (bicyclic) bond motifs is 10. The molecule has 0 saturated heterocycles. The molecule has 0 amide bonds. The van der Waals surface area contributed by atoms with Crippen molar-refractivity contribution in [3.63, 3.8) is 0 Å². The summed E-state index contributed by atoms with van der Waals surface area (Å²) < 4.78 is 0. The quantitative estimate of drug-likeness (QED) is 0.173. The molecule has 3 heterocycles. The van der Waals surface area contributed by atoms with Crippen molar-refractivity contribution in [2.75, 3.05) is 9.80 Å². The molecule has 316 valence electrons. The summed E-state index contributed by atoms with van der Waals surface area (Å²) in [7, 11) is 0. The van der Waals surface area contributed by atoms with Crippen molar-refractivity contribution >= 4 is 39.0 Å². The molecule has 14 rings (SSSR count). The summed E-state index contributed by atoms with van der Waals surface area (Å²) in [4.78, 5) is 21.2. The normalized spacial score (nSPS) is 24.2. The van der Waals surface area contributed by atoms with E-state index in [4.69, 9.17) is 15.0 Å². The standard InChI is InChI=1S/C61H47N5/c1-2-16-39(17-3-1)59-62-60(42-33-34-44-41(35-42)32-31-38-15-4-5-19-43(38)44)64-61(63-59)50-25-13-24-46-45(50)23-14-30-56(46)66-55-28-11-8-22-49(55)52-37-51-40(36-58(52)66)18-12-29-57(51)65-53-26-9-6-20-47(53)48-21-7-10-27-54(48)65/h1-10,12-27,29-34,36,42,47,51-53,57H,11,28,35,37H2.